The van der Waals surface area contributed by atoms with Crippen molar-refractivity contribution in [1.29, 1.82) is 0 Å². The van der Waals surface area contributed by atoms with E-state index in [1.54, 1.807) is 0 Å². The summed E-state index contributed by atoms with van der Waals surface area (Å²) in [6.45, 7) is -0.658. The van der Waals surface area contributed by atoms with E-state index in [1.165, 1.54) is 5.38 Å². The summed E-state index contributed by atoms with van der Waals surface area (Å²) in [7, 11) is -4.97. The maximum Gasteiger partial charge on any atom is 0.418 e. The third kappa shape index (κ3) is 6.67. The maximum absolute atomic E-state index is 13.4. The molecule has 1 atom stereocenters. The zero-order valence-electron chi connectivity index (χ0n) is 22.5. The number of nitrogens with one attached hydrogen (secondary N) is 1. The van der Waals surface area contributed by atoms with Gasteiger partial charge in [-0.05, 0) is 24.0 Å². The van der Waals surface area contributed by atoms with Crippen molar-refractivity contribution >= 4 is 50.4 Å². The predicted octanol–water partition coefficient (Wildman–Crippen LogP) is 2.15. The van der Waals surface area contributed by atoms with Gasteiger partial charge in [-0.1, -0.05) is 78.7 Å². The number of oxime groups is 1. The predicted molar refractivity (Wildman–Crippen MR) is 152 cm³/mol. The second-order valence-corrected chi connectivity index (χ2v) is 11.7. The lowest BCUT2D eigenvalue weighted by Crippen LogP contribution is -2.78. The Bertz CT molecular complexity index is 1580. The van der Waals surface area contributed by atoms with E-state index in [4.69, 9.17) is 19.9 Å². The molecular formula is C27H27N5O9S2. The molecular weight excluding hydrogens is 602 g/mol. The smallest absolute Gasteiger partial charge is 0.418 e. The van der Waals surface area contributed by atoms with Gasteiger partial charge < -0.3 is 20.6 Å². The van der Waals surface area contributed by atoms with E-state index in [0.29, 0.717) is 30.7 Å². The second-order valence-electron chi connectivity index (χ2n) is 9.83. The molecule has 16 heteroatoms. The van der Waals surface area contributed by atoms with E-state index in [1.807, 2.05) is 60.7 Å². The molecule has 0 bridgehead atoms. The van der Waals surface area contributed by atoms with Crippen LogP contribution in [-0.4, -0.2) is 64.7 Å². The molecule has 43 heavy (non-hydrogen) atoms. The fourth-order valence-electron chi connectivity index (χ4n) is 5.20. The number of hydrogen-bond acceptors (Lipinski definition) is 12. The third-order valence-corrected chi connectivity index (χ3v) is 8.09. The van der Waals surface area contributed by atoms with Crippen molar-refractivity contribution in [2.75, 3.05) is 12.3 Å². The van der Waals surface area contributed by atoms with Crippen LogP contribution in [0.15, 0.2) is 71.2 Å². The zero-order chi connectivity index (χ0) is 30.6. The van der Waals surface area contributed by atoms with Crippen molar-refractivity contribution < 1.29 is 41.2 Å². The molecule has 2 aromatic carbocycles. The highest BCUT2D eigenvalue weighted by Crippen LogP contribution is 2.46. The summed E-state index contributed by atoms with van der Waals surface area (Å²) < 4.78 is 41.9. The molecule has 14 nitrogen and oxygen atoms in total. The highest BCUT2D eigenvalue weighted by molar-refractivity contribution is 7.80. The van der Waals surface area contributed by atoms with Crippen molar-refractivity contribution in [3.05, 3.63) is 82.9 Å². The SMILES string of the molecule is Nc1nc(/C(=N/OCC(=O)OC(c2ccccc2)c2ccccc2)C(=O)NC2C(=O)N(OS(=O)(=O)O)C23CCCC3)cs1. The number of nitrogen functional groups attached to an aromatic ring is 1. The first kappa shape index (κ1) is 30.1. The van der Waals surface area contributed by atoms with Crippen molar-refractivity contribution in [2.45, 2.75) is 43.4 Å². The van der Waals surface area contributed by atoms with E-state index >= 15 is 0 Å². The van der Waals surface area contributed by atoms with Crippen molar-refractivity contribution in [1.82, 2.24) is 15.4 Å². The lowest BCUT2D eigenvalue weighted by atomic mass is 9.79. The van der Waals surface area contributed by atoms with E-state index in [9.17, 15) is 22.8 Å². The highest BCUT2D eigenvalue weighted by atomic mass is 32.3. The van der Waals surface area contributed by atoms with Gasteiger partial charge in [0.25, 0.3) is 11.8 Å². The van der Waals surface area contributed by atoms with Gasteiger partial charge in [0, 0.05) is 5.38 Å². The van der Waals surface area contributed by atoms with Crippen LogP contribution < -0.4 is 11.1 Å². The largest absolute Gasteiger partial charge is 0.450 e. The Labute approximate surface area is 250 Å². The molecule has 1 spiro atoms. The number of nitrogens with two attached hydrogens (primary N) is 1. The number of ether oxygens (including phenoxy) is 1. The number of thiazole rings is 1. The molecule has 0 radical (unpaired) electrons. The van der Waals surface area contributed by atoms with Crippen LogP contribution in [0.5, 0.6) is 0 Å². The Balaban J connectivity index is 1.30. The number of amides is 2. The summed E-state index contributed by atoms with van der Waals surface area (Å²) >= 11 is 1.03. The highest BCUT2D eigenvalue weighted by Gasteiger charge is 2.64. The number of nitrogens with zero attached hydrogens (tertiary/aromatic N) is 3. The van der Waals surface area contributed by atoms with Gasteiger partial charge in [-0.2, -0.15) is 13.5 Å². The molecule has 1 aliphatic heterocycles. The van der Waals surface area contributed by atoms with E-state index < -0.39 is 52.5 Å². The molecule has 2 amide bonds. The molecule has 1 unspecified atom stereocenters. The topological polar surface area (TPSA) is 200 Å². The minimum Gasteiger partial charge on any atom is -0.450 e. The maximum atomic E-state index is 13.4. The van der Waals surface area contributed by atoms with Crippen molar-refractivity contribution in [2.24, 2.45) is 5.16 Å². The van der Waals surface area contributed by atoms with Crippen LogP contribution >= 0.6 is 11.3 Å². The van der Waals surface area contributed by atoms with Crippen molar-refractivity contribution in [3.63, 3.8) is 0 Å². The van der Waals surface area contributed by atoms with Gasteiger partial charge in [0.1, 0.15) is 17.3 Å². The van der Waals surface area contributed by atoms with Crippen LogP contribution in [0.25, 0.3) is 0 Å². The van der Waals surface area contributed by atoms with Crippen LogP contribution in [0.1, 0.15) is 48.6 Å². The molecule has 1 saturated heterocycles. The number of β-lactam (4-membered cyclic amide) rings is 1. The molecule has 2 heterocycles. The summed E-state index contributed by atoms with van der Waals surface area (Å²) in [5.74, 6) is -2.53. The number of carbonyl (C=O) groups is 3. The van der Waals surface area contributed by atoms with Crippen molar-refractivity contribution in [3.8, 4) is 0 Å². The van der Waals surface area contributed by atoms with Gasteiger partial charge in [0.15, 0.2) is 16.9 Å². The molecule has 5 rings (SSSR count). The molecule has 2 fully saturated rings. The summed E-state index contributed by atoms with van der Waals surface area (Å²) in [6, 6.07) is 17.1. The Morgan fingerprint density at radius 1 is 1.12 bits per heavy atom. The average molecular weight is 630 g/mol. The number of hydroxylamine groups is 2. The lowest BCUT2D eigenvalue weighted by Gasteiger charge is -2.52. The van der Waals surface area contributed by atoms with Crippen LogP contribution in [0, 0.1) is 0 Å². The molecule has 1 saturated carbocycles. The Morgan fingerprint density at radius 2 is 1.72 bits per heavy atom. The first-order valence-electron chi connectivity index (χ1n) is 13.1. The summed E-state index contributed by atoms with van der Waals surface area (Å²) in [6.07, 6.45) is 1.19. The fourth-order valence-corrected chi connectivity index (χ4v) is 6.16. The Morgan fingerprint density at radius 3 is 2.26 bits per heavy atom. The number of benzene rings is 2. The molecule has 1 aromatic heterocycles. The van der Waals surface area contributed by atoms with Gasteiger partial charge in [-0.15, -0.1) is 15.6 Å². The molecule has 1 aliphatic carbocycles. The van der Waals surface area contributed by atoms with Gasteiger partial charge in [0.2, 0.25) is 6.61 Å². The van der Waals surface area contributed by atoms with Gasteiger partial charge >= 0.3 is 16.4 Å². The van der Waals surface area contributed by atoms with Gasteiger partial charge in [-0.25, -0.2) is 9.78 Å². The van der Waals surface area contributed by atoms with Crippen LogP contribution in [0.2, 0.25) is 0 Å². The molecule has 226 valence electrons. The first-order chi connectivity index (χ1) is 20.6. The molecule has 4 N–H and O–H groups in total. The van der Waals surface area contributed by atoms with Gasteiger partial charge in [-0.3, -0.25) is 14.1 Å². The van der Waals surface area contributed by atoms with E-state index in [-0.39, 0.29) is 16.5 Å². The number of carbonyl (C=O) groups excluding carboxylic acids is 3. The van der Waals surface area contributed by atoms with E-state index in [2.05, 4.69) is 19.7 Å². The second kappa shape index (κ2) is 12.5. The fraction of sp³-hybridized carbons (Fsp3) is 0.296. The summed E-state index contributed by atoms with van der Waals surface area (Å²) in [5.41, 5.74) is 5.69. The van der Waals surface area contributed by atoms with E-state index in [0.717, 1.165) is 22.5 Å². The standard InChI is InChI=1S/C27H27N5O9S2/c28-26-29-19(16-42-26)21(24(34)30-23-25(35)32(41-43(36,37)38)27(23)13-7-8-14-27)31-39-15-20(33)40-22(17-9-3-1-4-10-17)18-11-5-2-6-12-18/h1-6,9-12,16,22-23H,7-8,13-15H2,(H2,28,29)(H,30,34)(H,36,37,38)/b31-21-. The minimum absolute atomic E-state index is 0.0260. The van der Waals surface area contributed by atoms with Gasteiger partial charge in [0.05, 0.1) is 0 Å². The normalized spacial score (nSPS) is 18.0. The number of anilines is 1. The number of hydrogen-bond donors (Lipinski definition) is 3. The first-order valence-corrected chi connectivity index (χ1v) is 15.3. The number of esters is 1. The zero-order valence-corrected chi connectivity index (χ0v) is 24.1. The lowest BCUT2D eigenvalue weighted by molar-refractivity contribution is -0.225. The third-order valence-electron chi connectivity index (χ3n) is 7.07. The Hall–Kier alpha value is -4.38. The van der Waals surface area contributed by atoms with Crippen LogP contribution in [0.3, 0.4) is 0 Å². The monoisotopic (exact) mass is 629 g/mol. The molecule has 2 aliphatic rings. The Kier molecular flexibility index (Phi) is 8.72. The minimum atomic E-state index is -4.97. The molecule has 3 aromatic rings. The quantitative estimate of drug-likeness (QED) is 0.0923. The van der Waals surface area contributed by atoms with Crippen LogP contribution in [-0.2, 0) is 38.6 Å². The average Bonchev–Trinajstić information content (AvgIpc) is 3.67. The van der Waals surface area contributed by atoms with Crippen LogP contribution in [0.4, 0.5) is 5.13 Å². The number of aromatic nitrogens is 1. The summed E-state index contributed by atoms with van der Waals surface area (Å²) in [5, 5.41) is 8.53. The summed E-state index contributed by atoms with van der Waals surface area (Å²) in [4.78, 5) is 48.2. The number of rotatable bonds is 11.